The molecule has 0 aromatic heterocycles. The van der Waals surface area contributed by atoms with Crippen molar-refractivity contribution in [2.75, 3.05) is 6.54 Å². The molecule has 0 aliphatic rings. The highest BCUT2D eigenvalue weighted by molar-refractivity contribution is 7.99. The van der Waals surface area contributed by atoms with Crippen molar-refractivity contribution >= 4 is 11.8 Å². The zero-order valence-electron chi connectivity index (χ0n) is 12.7. The number of hydrogen-bond acceptors (Lipinski definition) is 2. The SMILES string of the molecule is CCNC(C)c1ccccc1Sc1cc(C)ccc1C. The molecule has 0 fully saturated rings. The predicted octanol–water partition coefficient (Wildman–Crippen LogP) is 5.13. The van der Waals surface area contributed by atoms with Crippen molar-refractivity contribution in [1.82, 2.24) is 5.32 Å². The van der Waals surface area contributed by atoms with Gasteiger partial charge in [-0.05, 0) is 56.1 Å². The number of rotatable bonds is 5. The molecule has 0 saturated carbocycles. The lowest BCUT2D eigenvalue weighted by atomic mass is 10.1. The maximum absolute atomic E-state index is 3.50. The number of nitrogens with one attached hydrogen (secondary N) is 1. The van der Waals surface area contributed by atoms with Crippen LogP contribution in [-0.4, -0.2) is 6.54 Å². The van der Waals surface area contributed by atoms with Gasteiger partial charge in [0.05, 0.1) is 0 Å². The Morgan fingerprint density at radius 3 is 2.55 bits per heavy atom. The molecule has 1 unspecified atom stereocenters. The molecule has 2 aromatic rings. The van der Waals surface area contributed by atoms with Crippen LogP contribution in [0.25, 0.3) is 0 Å². The zero-order valence-corrected chi connectivity index (χ0v) is 13.6. The smallest absolute Gasteiger partial charge is 0.0302 e. The fraction of sp³-hybridized carbons (Fsp3) is 0.333. The first-order valence-electron chi connectivity index (χ1n) is 7.19. The van der Waals surface area contributed by atoms with E-state index in [9.17, 15) is 0 Å². The summed E-state index contributed by atoms with van der Waals surface area (Å²) in [6, 6.07) is 15.7. The van der Waals surface area contributed by atoms with Crippen LogP contribution in [0.1, 0.15) is 36.6 Å². The number of hydrogen-bond donors (Lipinski definition) is 1. The van der Waals surface area contributed by atoms with Gasteiger partial charge in [-0.25, -0.2) is 0 Å². The van der Waals surface area contributed by atoms with Crippen LogP contribution in [0.2, 0.25) is 0 Å². The van der Waals surface area contributed by atoms with Crippen molar-refractivity contribution in [1.29, 1.82) is 0 Å². The van der Waals surface area contributed by atoms with Gasteiger partial charge in [0.2, 0.25) is 0 Å². The lowest BCUT2D eigenvalue weighted by Crippen LogP contribution is -2.18. The van der Waals surface area contributed by atoms with E-state index in [0.29, 0.717) is 6.04 Å². The van der Waals surface area contributed by atoms with Gasteiger partial charge in [0.1, 0.15) is 0 Å². The third-order valence-electron chi connectivity index (χ3n) is 3.46. The molecule has 0 amide bonds. The summed E-state index contributed by atoms with van der Waals surface area (Å²) >= 11 is 1.87. The molecule has 0 heterocycles. The maximum Gasteiger partial charge on any atom is 0.0302 e. The predicted molar refractivity (Wildman–Crippen MR) is 88.6 cm³/mol. The second kappa shape index (κ2) is 6.96. The summed E-state index contributed by atoms with van der Waals surface area (Å²) in [4.78, 5) is 2.69. The van der Waals surface area contributed by atoms with Gasteiger partial charge in [-0.1, -0.05) is 49.0 Å². The molecule has 0 spiro atoms. The van der Waals surface area contributed by atoms with E-state index in [2.05, 4.69) is 75.5 Å². The van der Waals surface area contributed by atoms with E-state index >= 15 is 0 Å². The van der Waals surface area contributed by atoms with Crippen LogP contribution in [0.5, 0.6) is 0 Å². The minimum Gasteiger partial charge on any atom is -0.310 e. The first kappa shape index (κ1) is 15.1. The number of aryl methyl sites for hydroxylation is 2. The highest BCUT2D eigenvalue weighted by Crippen LogP contribution is 2.35. The van der Waals surface area contributed by atoms with Crippen molar-refractivity contribution in [2.45, 2.75) is 43.5 Å². The van der Waals surface area contributed by atoms with Gasteiger partial charge in [0.25, 0.3) is 0 Å². The Labute approximate surface area is 126 Å². The average Bonchev–Trinajstić information content (AvgIpc) is 2.44. The Balaban J connectivity index is 2.31. The highest BCUT2D eigenvalue weighted by Gasteiger charge is 2.11. The summed E-state index contributed by atoms with van der Waals surface area (Å²) in [5, 5.41) is 3.50. The fourth-order valence-electron chi connectivity index (χ4n) is 2.28. The molecule has 0 aliphatic heterocycles. The van der Waals surface area contributed by atoms with Crippen LogP contribution in [0, 0.1) is 13.8 Å². The van der Waals surface area contributed by atoms with E-state index < -0.39 is 0 Å². The summed E-state index contributed by atoms with van der Waals surface area (Å²) in [5.74, 6) is 0. The molecule has 106 valence electrons. The molecule has 0 saturated heterocycles. The summed E-state index contributed by atoms with van der Waals surface area (Å²) in [5.41, 5.74) is 4.03. The van der Waals surface area contributed by atoms with E-state index in [1.165, 1.54) is 26.5 Å². The van der Waals surface area contributed by atoms with Gasteiger partial charge in [-0.3, -0.25) is 0 Å². The minimum atomic E-state index is 0.383. The zero-order chi connectivity index (χ0) is 14.5. The average molecular weight is 285 g/mol. The summed E-state index contributed by atoms with van der Waals surface area (Å²) in [6.07, 6.45) is 0. The van der Waals surface area contributed by atoms with Crippen molar-refractivity contribution < 1.29 is 0 Å². The quantitative estimate of drug-likeness (QED) is 0.817. The van der Waals surface area contributed by atoms with Crippen molar-refractivity contribution in [2.24, 2.45) is 0 Å². The van der Waals surface area contributed by atoms with Crippen molar-refractivity contribution in [3.63, 3.8) is 0 Å². The second-order valence-corrected chi connectivity index (χ2v) is 6.27. The van der Waals surface area contributed by atoms with Crippen molar-refractivity contribution in [3.05, 3.63) is 59.2 Å². The van der Waals surface area contributed by atoms with E-state index in [0.717, 1.165) is 6.54 Å². The molecule has 1 nitrogen and oxygen atoms in total. The first-order chi connectivity index (χ1) is 9.61. The summed E-state index contributed by atoms with van der Waals surface area (Å²) < 4.78 is 0. The third kappa shape index (κ3) is 3.65. The monoisotopic (exact) mass is 285 g/mol. The fourth-order valence-corrected chi connectivity index (χ4v) is 3.50. The number of benzene rings is 2. The van der Waals surface area contributed by atoms with Crippen molar-refractivity contribution in [3.8, 4) is 0 Å². The summed E-state index contributed by atoms with van der Waals surface area (Å²) in [7, 11) is 0. The molecule has 1 N–H and O–H groups in total. The molecule has 2 heteroatoms. The van der Waals surface area contributed by atoms with Gasteiger partial charge >= 0.3 is 0 Å². The van der Waals surface area contributed by atoms with E-state index in [1.54, 1.807) is 0 Å². The molecule has 1 atom stereocenters. The van der Waals surface area contributed by atoms with Crippen LogP contribution in [0.4, 0.5) is 0 Å². The van der Waals surface area contributed by atoms with Crippen LogP contribution < -0.4 is 5.32 Å². The minimum absolute atomic E-state index is 0.383. The summed E-state index contributed by atoms with van der Waals surface area (Å²) in [6.45, 7) is 9.70. The van der Waals surface area contributed by atoms with Crippen LogP contribution in [0.15, 0.2) is 52.3 Å². The van der Waals surface area contributed by atoms with Crippen LogP contribution >= 0.6 is 11.8 Å². The molecule has 2 aromatic carbocycles. The largest absolute Gasteiger partial charge is 0.310 e. The highest BCUT2D eigenvalue weighted by atomic mass is 32.2. The molecular weight excluding hydrogens is 262 g/mol. The standard InChI is InChI=1S/C18H23NS/c1-5-19-15(4)16-8-6-7-9-17(16)20-18-12-13(2)10-11-14(18)3/h6-12,15,19H,5H2,1-4H3. The molecular formula is C18H23NS. The van der Waals surface area contributed by atoms with Gasteiger partial charge < -0.3 is 5.32 Å². The van der Waals surface area contributed by atoms with Gasteiger partial charge in [-0.2, -0.15) is 0 Å². The Bertz CT molecular complexity index is 577. The molecule has 2 rings (SSSR count). The molecule has 20 heavy (non-hydrogen) atoms. The lowest BCUT2D eigenvalue weighted by molar-refractivity contribution is 0.590. The van der Waals surface area contributed by atoms with Crippen LogP contribution in [-0.2, 0) is 0 Å². The second-order valence-electron chi connectivity index (χ2n) is 5.19. The first-order valence-corrected chi connectivity index (χ1v) is 8.01. The van der Waals surface area contributed by atoms with Gasteiger partial charge in [-0.15, -0.1) is 0 Å². The Kier molecular flexibility index (Phi) is 5.27. The molecule has 0 bridgehead atoms. The van der Waals surface area contributed by atoms with E-state index in [4.69, 9.17) is 0 Å². The molecule has 0 radical (unpaired) electrons. The molecule has 0 aliphatic carbocycles. The van der Waals surface area contributed by atoms with E-state index in [1.807, 2.05) is 11.8 Å². The van der Waals surface area contributed by atoms with Crippen LogP contribution in [0.3, 0.4) is 0 Å². The topological polar surface area (TPSA) is 12.0 Å². The maximum atomic E-state index is 3.50. The van der Waals surface area contributed by atoms with Gasteiger partial charge in [0.15, 0.2) is 0 Å². The Morgan fingerprint density at radius 1 is 1.05 bits per heavy atom. The normalized spacial score (nSPS) is 12.4. The third-order valence-corrected chi connectivity index (χ3v) is 4.71. The van der Waals surface area contributed by atoms with Gasteiger partial charge in [0, 0.05) is 15.8 Å². The van der Waals surface area contributed by atoms with E-state index in [-0.39, 0.29) is 0 Å². The Morgan fingerprint density at radius 2 is 1.80 bits per heavy atom. The Hall–Kier alpha value is -1.25. The lowest BCUT2D eigenvalue weighted by Gasteiger charge is -2.17.